The van der Waals surface area contributed by atoms with Crippen LogP contribution in [0.1, 0.15) is 64.3 Å². The predicted molar refractivity (Wildman–Crippen MR) is 115 cm³/mol. The lowest BCUT2D eigenvalue weighted by Gasteiger charge is -2.34. The molecule has 4 heterocycles. The van der Waals surface area contributed by atoms with Gasteiger partial charge in [0.05, 0.1) is 22.8 Å². The van der Waals surface area contributed by atoms with Gasteiger partial charge in [0.1, 0.15) is 17.6 Å². The molecule has 1 aromatic carbocycles. The van der Waals surface area contributed by atoms with Gasteiger partial charge in [-0.2, -0.15) is 0 Å². The molecule has 0 saturated carbocycles. The van der Waals surface area contributed by atoms with Crippen molar-refractivity contribution in [3.8, 4) is 0 Å². The molecule has 0 radical (unpaired) electrons. The van der Waals surface area contributed by atoms with Crippen molar-refractivity contribution in [1.82, 2.24) is 20.0 Å². The summed E-state index contributed by atoms with van der Waals surface area (Å²) in [7, 11) is 0. The maximum absolute atomic E-state index is 13.7. The minimum atomic E-state index is -0.271. The first kappa shape index (κ1) is 20.4. The number of piperidine rings is 1. The minimum absolute atomic E-state index is 0.102. The zero-order chi connectivity index (χ0) is 22.2. The summed E-state index contributed by atoms with van der Waals surface area (Å²) in [5, 5.41) is 4.64. The number of halogens is 1. The Bertz CT molecular complexity index is 1280. The van der Waals surface area contributed by atoms with Crippen molar-refractivity contribution in [3.63, 3.8) is 0 Å². The quantitative estimate of drug-likeness (QED) is 0.453. The molecule has 32 heavy (non-hydrogen) atoms. The Morgan fingerprint density at radius 2 is 2.03 bits per heavy atom. The van der Waals surface area contributed by atoms with E-state index in [1.807, 2.05) is 18.7 Å². The number of aromatic nitrogens is 3. The molecule has 0 N–H and O–H groups in total. The lowest BCUT2D eigenvalue weighted by Crippen LogP contribution is -2.38. The van der Waals surface area contributed by atoms with Crippen LogP contribution in [0.15, 0.2) is 45.5 Å². The van der Waals surface area contributed by atoms with E-state index in [1.165, 1.54) is 12.1 Å². The molecule has 7 nitrogen and oxygen atoms in total. The molecule has 4 aromatic rings. The fraction of sp³-hybridized carbons (Fsp3) is 0.333. The summed E-state index contributed by atoms with van der Waals surface area (Å²) in [4.78, 5) is 24.3. The fourth-order valence-corrected chi connectivity index (χ4v) is 4.33. The number of hydrogen-bond acceptors (Lipinski definition) is 6. The molecule has 1 atom stereocenters. The molecule has 8 heteroatoms. The van der Waals surface area contributed by atoms with Gasteiger partial charge < -0.3 is 13.8 Å². The van der Waals surface area contributed by atoms with Gasteiger partial charge in [-0.3, -0.25) is 4.79 Å². The second kappa shape index (κ2) is 8.18. The number of amides is 1. The topological polar surface area (TPSA) is 85.3 Å². The van der Waals surface area contributed by atoms with Crippen LogP contribution in [0.2, 0.25) is 0 Å². The molecule has 1 unspecified atom stereocenters. The van der Waals surface area contributed by atoms with Gasteiger partial charge in [0.2, 0.25) is 5.89 Å². The van der Waals surface area contributed by atoms with Crippen LogP contribution < -0.4 is 0 Å². The van der Waals surface area contributed by atoms with Crippen molar-refractivity contribution < 1.29 is 18.1 Å². The van der Waals surface area contributed by atoms with E-state index < -0.39 is 0 Å². The van der Waals surface area contributed by atoms with Crippen LogP contribution >= 0.6 is 0 Å². The smallest absolute Gasteiger partial charge is 0.258 e. The fourth-order valence-electron chi connectivity index (χ4n) is 4.33. The highest BCUT2D eigenvalue weighted by Crippen LogP contribution is 2.34. The molecule has 1 aliphatic heterocycles. The molecule has 1 fully saturated rings. The normalized spacial score (nSPS) is 16.6. The van der Waals surface area contributed by atoms with E-state index in [0.29, 0.717) is 52.7 Å². The average molecular weight is 434 g/mol. The molecule has 0 aliphatic carbocycles. The molecule has 1 aliphatic rings. The Hall–Kier alpha value is -3.55. The number of rotatable bonds is 4. The lowest BCUT2D eigenvalue weighted by molar-refractivity contribution is 0.0572. The molecule has 1 saturated heterocycles. The third-order valence-electron chi connectivity index (χ3n) is 5.89. The van der Waals surface area contributed by atoms with Gasteiger partial charge in [0.25, 0.3) is 11.6 Å². The average Bonchev–Trinajstić information content (AvgIpc) is 3.41. The molecular formula is C24H23FN4O3. The number of carbonyl (C=O) groups is 1. The number of fused-ring (bicyclic) bond motifs is 1. The molecule has 5 rings (SSSR count). The Labute approximate surface area is 184 Å². The van der Waals surface area contributed by atoms with Gasteiger partial charge in [-0.05, 0) is 56.9 Å². The second-order valence-corrected chi connectivity index (χ2v) is 8.24. The van der Waals surface area contributed by atoms with Crippen molar-refractivity contribution in [2.75, 3.05) is 6.54 Å². The molecular weight excluding hydrogens is 411 g/mol. The molecule has 1 amide bonds. The molecule has 0 spiro atoms. The van der Waals surface area contributed by atoms with Gasteiger partial charge in [-0.15, -0.1) is 0 Å². The summed E-state index contributed by atoms with van der Waals surface area (Å²) >= 11 is 0. The maximum atomic E-state index is 13.7. The van der Waals surface area contributed by atoms with E-state index in [0.717, 1.165) is 24.8 Å². The lowest BCUT2D eigenvalue weighted by atomic mass is 9.99. The number of likely N-dealkylation sites (tertiary alicyclic amines) is 1. The summed E-state index contributed by atoms with van der Waals surface area (Å²) in [6.07, 6.45) is 4.88. The Morgan fingerprint density at radius 3 is 2.84 bits per heavy atom. The van der Waals surface area contributed by atoms with E-state index in [1.54, 1.807) is 24.4 Å². The molecule has 3 aromatic heterocycles. The van der Waals surface area contributed by atoms with Crippen molar-refractivity contribution in [3.05, 3.63) is 76.5 Å². The number of hydrogen-bond donors (Lipinski definition) is 0. The SMILES string of the molecule is Cc1cc(C(=O)N2CCCCC2c2ncc(Cc3ccc(F)cc3)o2)c2c(C)noc2n1. The van der Waals surface area contributed by atoms with Gasteiger partial charge >= 0.3 is 0 Å². The zero-order valence-corrected chi connectivity index (χ0v) is 18.0. The van der Waals surface area contributed by atoms with E-state index >= 15 is 0 Å². The van der Waals surface area contributed by atoms with E-state index in [9.17, 15) is 9.18 Å². The highest BCUT2D eigenvalue weighted by Gasteiger charge is 2.33. The van der Waals surface area contributed by atoms with Crippen LogP contribution in [0.5, 0.6) is 0 Å². The van der Waals surface area contributed by atoms with Gasteiger partial charge in [0.15, 0.2) is 0 Å². The maximum Gasteiger partial charge on any atom is 0.258 e. The Morgan fingerprint density at radius 1 is 1.22 bits per heavy atom. The largest absolute Gasteiger partial charge is 0.443 e. The highest BCUT2D eigenvalue weighted by molar-refractivity contribution is 6.06. The highest BCUT2D eigenvalue weighted by atomic mass is 19.1. The number of oxazole rings is 1. The first-order valence-electron chi connectivity index (χ1n) is 10.7. The Balaban J connectivity index is 1.44. The second-order valence-electron chi connectivity index (χ2n) is 8.24. The van der Waals surface area contributed by atoms with E-state index in [-0.39, 0.29) is 17.8 Å². The van der Waals surface area contributed by atoms with Crippen molar-refractivity contribution >= 4 is 17.0 Å². The third kappa shape index (κ3) is 3.77. The van der Waals surface area contributed by atoms with Crippen LogP contribution in [0.25, 0.3) is 11.1 Å². The Kier molecular flexibility index (Phi) is 5.20. The first-order chi connectivity index (χ1) is 15.5. The number of nitrogens with zero attached hydrogens (tertiary/aromatic N) is 4. The number of aryl methyl sites for hydroxylation is 2. The number of benzene rings is 1. The van der Waals surface area contributed by atoms with Crippen LogP contribution in [0, 0.1) is 19.7 Å². The van der Waals surface area contributed by atoms with Gasteiger partial charge in [-0.25, -0.2) is 14.4 Å². The third-order valence-corrected chi connectivity index (χ3v) is 5.89. The summed E-state index contributed by atoms with van der Waals surface area (Å²) in [5.74, 6) is 0.836. The number of carbonyl (C=O) groups excluding carboxylic acids is 1. The standard InChI is InChI=1S/C24H23FN4O3/c1-14-11-19(21-15(2)28-32-23(21)27-14)24(30)29-10-4-3-5-20(29)22-26-13-18(31-22)12-16-6-8-17(25)9-7-16/h6-9,11,13,20H,3-5,10,12H2,1-2H3. The zero-order valence-electron chi connectivity index (χ0n) is 18.0. The molecule has 164 valence electrons. The minimum Gasteiger partial charge on any atom is -0.443 e. The van der Waals surface area contributed by atoms with Crippen molar-refractivity contribution in [1.29, 1.82) is 0 Å². The number of pyridine rings is 1. The van der Waals surface area contributed by atoms with Crippen LogP contribution in [-0.2, 0) is 6.42 Å². The van der Waals surface area contributed by atoms with E-state index in [2.05, 4.69) is 15.1 Å². The van der Waals surface area contributed by atoms with Crippen molar-refractivity contribution in [2.24, 2.45) is 0 Å². The van der Waals surface area contributed by atoms with Crippen LogP contribution in [0.4, 0.5) is 4.39 Å². The van der Waals surface area contributed by atoms with Crippen molar-refractivity contribution in [2.45, 2.75) is 45.6 Å². The van der Waals surface area contributed by atoms with Gasteiger partial charge in [-0.1, -0.05) is 17.3 Å². The summed E-state index contributed by atoms with van der Waals surface area (Å²) in [6, 6.07) is 7.85. The van der Waals surface area contributed by atoms with E-state index in [4.69, 9.17) is 8.94 Å². The van der Waals surface area contributed by atoms with Crippen LogP contribution in [0.3, 0.4) is 0 Å². The van der Waals surface area contributed by atoms with Crippen LogP contribution in [-0.4, -0.2) is 32.5 Å². The van der Waals surface area contributed by atoms with Gasteiger partial charge in [0, 0.05) is 18.7 Å². The monoisotopic (exact) mass is 434 g/mol. The predicted octanol–water partition coefficient (Wildman–Crippen LogP) is 4.92. The first-order valence-corrected chi connectivity index (χ1v) is 10.7. The summed E-state index contributed by atoms with van der Waals surface area (Å²) in [6.45, 7) is 4.26. The molecule has 0 bridgehead atoms. The summed E-state index contributed by atoms with van der Waals surface area (Å²) < 4.78 is 24.5. The summed E-state index contributed by atoms with van der Waals surface area (Å²) in [5.41, 5.74) is 3.18.